The second-order valence-corrected chi connectivity index (χ2v) is 8.42. The van der Waals surface area contributed by atoms with Crippen molar-refractivity contribution >= 4 is 12.2 Å². The van der Waals surface area contributed by atoms with Gasteiger partial charge in [0.25, 0.3) is 0 Å². The molecular weight excluding hydrogens is 416 g/mol. The van der Waals surface area contributed by atoms with Gasteiger partial charge in [-0.25, -0.2) is 4.68 Å². The molecular formula is C25H30N6S. The van der Waals surface area contributed by atoms with E-state index in [0.717, 1.165) is 56.1 Å². The smallest absolute Gasteiger partial charge is 0.204 e. The van der Waals surface area contributed by atoms with Crippen LogP contribution in [0.25, 0.3) is 17.1 Å². The highest BCUT2D eigenvalue weighted by molar-refractivity contribution is 7.71. The summed E-state index contributed by atoms with van der Waals surface area (Å²) in [7, 11) is 0. The lowest BCUT2D eigenvalue weighted by atomic mass is 10.0. The van der Waals surface area contributed by atoms with Crippen molar-refractivity contribution in [2.75, 3.05) is 32.7 Å². The molecule has 1 aliphatic heterocycles. The first-order chi connectivity index (χ1) is 15.7. The van der Waals surface area contributed by atoms with Crippen LogP contribution in [0.15, 0.2) is 42.7 Å². The van der Waals surface area contributed by atoms with Gasteiger partial charge in [-0.05, 0) is 48.3 Å². The first-order valence-electron chi connectivity index (χ1n) is 11.3. The third-order valence-corrected chi connectivity index (χ3v) is 6.45. The normalized spacial score (nSPS) is 15.0. The Morgan fingerprint density at radius 1 is 1.00 bits per heavy atom. The van der Waals surface area contributed by atoms with Gasteiger partial charge in [-0.15, -0.1) is 11.5 Å². The summed E-state index contributed by atoms with van der Waals surface area (Å²) in [6.45, 7) is 9.57. The third-order valence-electron chi connectivity index (χ3n) is 6.06. The summed E-state index contributed by atoms with van der Waals surface area (Å²) in [4.78, 5) is 9.03. The average Bonchev–Trinajstić information content (AvgIpc) is 3.15. The summed E-state index contributed by atoms with van der Waals surface area (Å²) in [5.74, 6) is 3.58. The van der Waals surface area contributed by atoms with Crippen LogP contribution in [0.2, 0.25) is 0 Å². The molecule has 1 aliphatic rings. The first kappa shape index (κ1) is 22.4. The Kier molecular flexibility index (Phi) is 7.15. The molecule has 0 aliphatic carbocycles. The van der Waals surface area contributed by atoms with Crippen LogP contribution >= 0.6 is 12.2 Å². The number of nitrogens with zero attached hydrogens (tertiary/aromatic N) is 6. The summed E-state index contributed by atoms with van der Waals surface area (Å²) >= 11 is 6.02. The van der Waals surface area contributed by atoms with Crippen LogP contribution in [0, 0.1) is 17.1 Å². The molecule has 0 N–H and O–H groups in total. The summed E-state index contributed by atoms with van der Waals surface area (Å²) < 4.78 is 4.82. The number of terminal acetylenes is 1. The molecule has 3 aromatic rings. The Morgan fingerprint density at radius 3 is 2.28 bits per heavy atom. The Morgan fingerprint density at radius 2 is 1.69 bits per heavy atom. The van der Waals surface area contributed by atoms with Crippen molar-refractivity contribution in [1.82, 2.24) is 29.1 Å². The summed E-state index contributed by atoms with van der Waals surface area (Å²) in [5, 5.41) is 5.00. The highest BCUT2D eigenvalue weighted by Crippen LogP contribution is 2.28. The molecule has 2 aromatic heterocycles. The van der Waals surface area contributed by atoms with Gasteiger partial charge in [0.05, 0.1) is 18.9 Å². The Bertz CT molecular complexity index is 1130. The predicted molar refractivity (Wildman–Crippen MR) is 131 cm³/mol. The van der Waals surface area contributed by atoms with Gasteiger partial charge in [0.15, 0.2) is 5.82 Å². The molecule has 4 rings (SSSR count). The van der Waals surface area contributed by atoms with E-state index in [4.69, 9.17) is 23.7 Å². The van der Waals surface area contributed by atoms with Crippen LogP contribution in [-0.4, -0.2) is 61.9 Å². The van der Waals surface area contributed by atoms with Gasteiger partial charge < -0.3 is 0 Å². The van der Waals surface area contributed by atoms with E-state index in [1.54, 1.807) is 6.20 Å². The molecule has 1 saturated heterocycles. The molecule has 0 saturated carbocycles. The van der Waals surface area contributed by atoms with Crippen molar-refractivity contribution < 1.29 is 0 Å². The third kappa shape index (κ3) is 4.53. The number of pyridine rings is 1. The number of piperazine rings is 1. The maximum Gasteiger partial charge on any atom is 0.204 e. The lowest BCUT2D eigenvalue weighted by molar-refractivity contribution is 0.111. The van der Waals surface area contributed by atoms with Crippen LogP contribution in [0.3, 0.4) is 0 Å². The zero-order valence-corrected chi connectivity index (χ0v) is 19.7. The van der Waals surface area contributed by atoms with E-state index < -0.39 is 0 Å². The largest absolute Gasteiger partial charge is 0.290 e. The Labute approximate surface area is 195 Å². The highest BCUT2D eigenvalue weighted by Gasteiger charge is 2.22. The number of aryl methyl sites for hydroxylation is 2. The summed E-state index contributed by atoms with van der Waals surface area (Å²) in [6, 6.07) is 10.5. The maximum absolute atomic E-state index is 6.02. The summed E-state index contributed by atoms with van der Waals surface area (Å²) in [6.07, 6.45) is 11.0. The molecule has 6 nitrogen and oxygen atoms in total. The fourth-order valence-corrected chi connectivity index (χ4v) is 4.57. The fraction of sp³-hybridized carbons (Fsp3) is 0.400. The zero-order valence-electron chi connectivity index (χ0n) is 18.9. The molecule has 1 aromatic carbocycles. The minimum atomic E-state index is 0.665. The molecule has 0 bridgehead atoms. The van der Waals surface area contributed by atoms with Crippen molar-refractivity contribution in [2.45, 2.75) is 33.4 Å². The van der Waals surface area contributed by atoms with E-state index >= 15 is 0 Å². The van der Waals surface area contributed by atoms with Crippen LogP contribution < -0.4 is 0 Å². The number of aromatic nitrogens is 4. The minimum Gasteiger partial charge on any atom is -0.290 e. The monoisotopic (exact) mass is 446 g/mol. The quantitative estimate of drug-likeness (QED) is 0.408. The number of para-hydroxylation sites is 1. The molecule has 0 unspecified atom stereocenters. The first-order valence-corrected chi connectivity index (χ1v) is 11.7. The average molecular weight is 447 g/mol. The molecule has 7 heteroatoms. The number of benzene rings is 1. The van der Waals surface area contributed by atoms with Gasteiger partial charge in [0.2, 0.25) is 4.77 Å². The lowest BCUT2D eigenvalue weighted by Crippen LogP contribution is -2.46. The second-order valence-electron chi connectivity index (χ2n) is 8.05. The fourth-order valence-electron chi connectivity index (χ4n) is 4.29. The van der Waals surface area contributed by atoms with Gasteiger partial charge in [-0.2, -0.15) is 0 Å². The van der Waals surface area contributed by atoms with Crippen LogP contribution in [0.1, 0.15) is 25.0 Å². The van der Waals surface area contributed by atoms with E-state index in [0.29, 0.717) is 18.0 Å². The van der Waals surface area contributed by atoms with Crippen LogP contribution in [0.4, 0.5) is 0 Å². The number of hydrogen-bond acceptors (Lipinski definition) is 5. The summed E-state index contributed by atoms with van der Waals surface area (Å²) in [5.41, 5.74) is 4.66. The SMILES string of the molecule is C#CCN1CCN(Cn2nc(-c3cccnc3)n(-c3c(CC)cccc3CC)c2=S)CC1. The van der Waals surface area contributed by atoms with Crippen LogP contribution in [-0.2, 0) is 19.5 Å². The van der Waals surface area contributed by atoms with Gasteiger partial charge in [0.1, 0.15) is 0 Å². The molecule has 0 atom stereocenters. The maximum atomic E-state index is 6.02. The topological polar surface area (TPSA) is 42.1 Å². The lowest BCUT2D eigenvalue weighted by Gasteiger charge is -2.33. The minimum absolute atomic E-state index is 0.665. The van der Waals surface area contributed by atoms with E-state index in [-0.39, 0.29) is 0 Å². The van der Waals surface area contributed by atoms with Crippen LogP contribution in [0.5, 0.6) is 0 Å². The molecule has 3 heterocycles. The van der Waals surface area contributed by atoms with Gasteiger partial charge in [-0.3, -0.25) is 19.4 Å². The highest BCUT2D eigenvalue weighted by atomic mass is 32.1. The van der Waals surface area contributed by atoms with E-state index in [1.807, 2.05) is 23.0 Å². The van der Waals surface area contributed by atoms with Crippen molar-refractivity contribution in [1.29, 1.82) is 0 Å². The zero-order chi connectivity index (χ0) is 22.5. The van der Waals surface area contributed by atoms with E-state index in [9.17, 15) is 0 Å². The van der Waals surface area contributed by atoms with Crippen molar-refractivity contribution in [3.05, 3.63) is 58.6 Å². The predicted octanol–water partition coefficient (Wildman–Crippen LogP) is 3.80. The van der Waals surface area contributed by atoms with Crippen molar-refractivity contribution in [3.8, 4) is 29.4 Å². The van der Waals surface area contributed by atoms with E-state index in [1.165, 1.54) is 11.1 Å². The van der Waals surface area contributed by atoms with Gasteiger partial charge in [0, 0.05) is 44.1 Å². The van der Waals surface area contributed by atoms with E-state index in [2.05, 4.69) is 57.3 Å². The molecule has 32 heavy (non-hydrogen) atoms. The number of hydrogen-bond donors (Lipinski definition) is 0. The van der Waals surface area contributed by atoms with Crippen molar-refractivity contribution in [2.24, 2.45) is 0 Å². The molecule has 166 valence electrons. The van der Waals surface area contributed by atoms with Gasteiger partial charge in [-0.1, -0.05) is 38.0 Å². The second kappa shape index (κ2) is 10.2. The number of rotatable bonds is 7. The Hall–Kier alpha value is -2.79. The standard InChI is InChI=1S/C25H30N6S/c1-4-13-28-14-16-29(17-15-28)19-30-25(32)31(24(27-30)22-11-8-12-26-18-22)23-20(5-2)9-7-10-21(23)6-3/h1,7-12,18H,5-6,13-17,19H2,2-3H3. The Balaban J connectivity index is 1.77. The molecule has 0 amide bonds. The van der Waals surface area contributed by atoms with Gasteiger partial charge >= 0.3 is 0 Å². The van der Waals surface area contributed by atoms with Crippen molar-refractivity contribution in [3.63, 3.8) is 0 Å². The molecule has 0 radical (unpaired) electrons. The molecule has 0 spiro atoms. The molecule has 1 fully saturated rings.